The van der Waals surface area contributed by atoms with Gasteiger partial charge in [0.1, 0.15) is 11.2 Å². The van der Waals surface area contributed by atoms with E-state index in [2.05, 4.69) is 10.1 Å². The summed E-state index contributed by atoms with van der Waals surface area (Å²) in [5, 5.41) is 4.01. The molecule has 0 aliphatic rings. The van der Waals surface area contributed by atoms with Crippen molar-refractivity contribution in [3.63, 3.8) is 0 Å². The van der Waals surface area contributed by atoms with Gasteiger partial charge in [0.15, 0.2) is 0 Å². The smallest absolute Gasteiger partial charge is 0.267 e. The Bertz CT molecular complexity index is 622. The molecule has 0 spiro atoms. The summed E-state index contributed by atoms with van der Waals surface area (Å²) in [7, 11) is 1.75. The second kappa shape index (κ2) is 5.00. The molecule has 2 rings (SSSR count). The van der Waals surface area contributed by atoms with Crippen LogP contribution in [-0.2, 0) is 7.05 Å². The van der Waals surface area contributed by atoms with E-state index in [9.17, 15) is 4.79 Å². The van der Waals surface area contributed by atoms with Gasteiger partial charge in [-0.25, -0.2) is 0 Å². The van der Waals surface area contributed by atoms with E-state index in [1.807, 2.05) is 32.0 Å². The molecular formula is C13H16N4O. The summed E-state index contributed by atoms with van der Waals surface area (Å²) in [4.78, 5) is 16.8. The number of rotatable bonds is 2. The van der Waals surface area contributed by atoms with Crippen LogP contribution in [0.15, 0.2) is 41.7 Å². The van der Waals surface area contributed by atoms with E-state index in [-0.39, 0.29) is 11.9 Å². The van der Waals surface area contributed by atoms with Gasteiger partial charge < -0.3 is 0 Å². The summed E-state index contributed by atoms with van der Waals surface area (Å²) in [5.74, 6) is -0.130. The first-order valence-electron chi connectivity index (χ1n) is 5.84. The molecule has 2 heterocycles. The van der Waals surface area contributed by atoms with E-state index in [1.54, 1.807) is 30.2 Å². The van der Waals surface area contributed by atoms with Crippen LogP contribution in [0.1, 0.15) is 24.3 Å². The number of carbonyl (C=O) groups is 1. The molecule has 0 unspecified atom stereocenters. The molecule has 94 valence electrons. The van der Waals surface area contributed by atoms with Crippen LogP contribution in [0.4, 0.5) is 0 Å². The first kappa shape index (κ1) is 12.3. The molecule has 5 heteroatoms. The summed E-state index contributed by atoms with van der Waals surface area (Å²) >= 11 is 0. The normalized spacial score (nSPS) is 12.1. The molecule has 2 aromatic rings. The summed E-state index contributed by atoms with van der Waals surface area (Å²) in [5.41, 5.74) is 1.19. The van der Waals surface area contributed by atoms with Crippen molar-refractivity contribution in [2.75, 3.05) is 0 Å². The lowest BCUT2D eigenvalue weighted by molar-refractivity contribution is 0.0945. The number of pyridine rings is 1. The highest BCUT2D eigenvalue weighted by atomic mass is 16.2. The first-order valence-corrected chi connectivity index (χ1v) is 5.84. The number of aryl methyl sites for hydroxylation is 1. The molecule has 0 fully saturated rings. The molecule has 0 N–H and O–H groups in total. The van der Waals surface area contributed by atoms with Crippen molar-refractivity contribution in [3.8, 4) is 0 Å². The van der Waals surface area contributed by atoms with Gasteiger partial charge in [-0.2, -0.15) is 5.10 Å². The maximum absolute atomic E-state index is 12.4. The number of hydrogen-bond acceptors (Lipinski definition) is 3. The summed E-state index contributed by atoms with van der Waals surface area (Å²) in [6.07, 6.45) is 3.33. The van der Waals surface area contributed by atoms with Crippen molar-refractivity contribution in [2.24, 2.45) is 12.0 Å². The standard InChI is InChI=1S/C13H16N4O/c1-10(2)15-12-6-4-5-9-17(12)13(18)11-7-8-14-16(11)3/h4-10H,1-3H3. The number of aromatic nitrogens is 3. The van der Waals surface area contributed by atoms with Crippen LogP contribution < -0.4 is 5.49 Å². The third kappa shape index (κ3) is 2.40. The second-order valence-corrected chi connectivity index (χ2v) is 4.30. The maximum atomic E-state index is 12.4. The second-order valence-electron chi connectivity index (χ2n) is 4.30. The Hall–Kier alpha value is -2.17. The molecule has 0 saturated heterocycles. The highest BCUT2D eigenvalue weighted by Crippen LogP contribution is 1.99. The van der Waals surface area contributed by atoms with Crippen molar-refractivity contribution in [1.82, 2.24) is 14.3 Å². The monoisotopic (exact) mass is 244 g/mol. The van der Waals surface area contributed by atoms with Crippen LogP contribution >= 0.6 is 0 Å². The predicted octanol–water partition coefficient (Wildman–Crippen LogP) is 1.22. The largest absolute Gasteiger partial charge is 0.281 e. The van der Waals surface area contributed by atoms with Gasteiger partial charge in [-0.15, -0.1) is 0 Å². The Morgan fingerprint density at radius 1 is 1.33 bits per heavy atom. The molecule has 5 nitrogen and oxygen atoms in total. The fraction of sp³-hybridized carbons (Fsp3) is 0.308. The van der Waals surface area contributed by atoms with Gasteiger partial charge in [0, 0.05) is 25.5 Å². The van der Waals surface area contributed by atoms with Crippen LogP contribution in [0.25, 0.3) is 0 Å². The molecule has 0 aromatic carbocycles. The summed E-state index contributed by atoms with van der Waals surface area (Å²) in [6, 6.07) is 7.34. The number of nitrogens with zero attached hydrogens (tertiary/aromatic N) is 4. The van der Waals surface area contributed by atoms with E-state index in [0.29, 0.717) is 11.2 Å². The molecular weight excluding hydrogens is 228 g/mol. The molecule has 0 saturated carbocycles. The molecule has 0 bridgehead atoms. The minimum Gasteiger partial charge on any atom is -0.267 e. The van der Waals surface area contributed by atoms with E-state index in [1.165, 1.54) is 4.57 Å². The van der Waals surface area contributed by atoms with E-state index >= 15 is 0 Å². The Morgan fingerprint density at radius 2 is 2.11 bits per heavy atom. The minimum atomic E-state index is -0.130. The van der Waals surface area contributed by atoms with E-state index in [0.717, 1.165) is 0 Å². The maximum Gasteiger partial charge on any atom is 0.281 e. The van der Waals surface area contributed by atoms with Crippen molar-refractivity contribution in [2.45, 2.75) is 19.9 Å². The van der Waals surface area contributed by atoms with Gasteiger partial charge in [-0.05, 0) is 32.0 Å². The Kier molecular flexibility index (Phi) is 3.41. The van der Waals surface area contributed by atoms with Gasteiger partial charge in [0.25, 0.3) is 5.91 Å². The zero-order chi connectivity index (χ0) is 13.1. The van der Waals surface area contributed by atoms with E-state index in [4.69, 9.17) is 0 Å². The molecule has 18 heavy (non-hydrogen) atoms. The molecule has 0 amide bonds. The van der Waals surface area contributed by atoms with Crippen molar-refractivity contribution >= 4 is 5.91 Å². The van der Waals surface area contributed by atoms with Crippen LogP contribution in [0.5, 0.6) is 0 Å². The lowest BCUT2D eigenvalue weighted by atomic mass is 10.3. The van der Waals surface area contributed by atoms with Crippen molar-refractivity contribution in [3.05, 3.63) is 47.8 Å². The van der Waals surface area contributed by atoms with Crippen LogP contribution in [-0.4, -0.2) is 26.3 Å². The Labute approximate surface area is 105 Å². The van der Waals surface area contributed by atoms with Gasteiger partial charge in [-0.3, -0.25) is 19.0 Å². The summed E-state index contributed by atoms with van der Waals surface area (Å²) in [6.45, 7) is 3.96. The molecule has 0 aliphatic heterocycles. The van der Waals surface area contributed by atoms with E-state index < -0.39 is 0 Å². The van der Waals surface area contributed by atoms with Gasteiger partial charge in [-0.1, -0.05) is 6.07 Å². The van der Waals surface area contributed by atoms with Crippen LogP contribution in [0, 0.1) is 0 Å². The highest BCUT2D eigenvalue weighted by molar-refractivity contribution is 5.94. The number of carbonyl (C=O) groups excluding carboxylic acids is 1. The zero-order valence-electron chi connectivity index (χ0n) is 10.7. The first-order chi connectivity index (χ1) is 8.59. The fourth-order valence-corrected chi connectivity index (χ4v) is 1.68. The molecule has 0 radical (unpaired) electrons. The Morgan fingerprint density at radius 3 is 2.72 bits per heavy atom. The fourth-order valence-electron chi connectivity index (χ4n) is 1.68. The van der Waals surface area contributed by atoms with Crippen LogP contribution in [0.3, 0.4) is 0 Å². The average molecular weight is 244 g/mol. The topological polar surface area (TPSA) is 52.2 Å². The van der Waals surface area contributed by atoms with Crippen molar-refractivity contribution < 1.29 is 4.79 Å². The van der Waals surface area contributed by atoms with Gasteiger partial charge in [0.05, 0.1) is 0 Å². The molecule has 0 aliphatic carbocycles. The van der Waals surface area contributed by atoms with Crippen molar-refractivity contribution in [1.29, 1.82) is 0 Å². The zero-order valence-corrected chi connectivity index (χ0v) is 10.7. The third-order valence-electron chi connectivity index (χ3n) is 2.49. The Balaban J connectivity index is 2.53. The lowest BCUT2D eigenvalue weighted by Crippen LogP contribution is -2.29. The predicted molar refractivity (Wildman–Crippen MR) is 68.1 cm³/mol. The van der Waals surface area contributed by atoms with Gasteiger partial charge in [0.2, 0.25) is 0 Å². The molecule has 2 aromatic heterocycles. The molecule has 0 atom stereocenters. The number of hydrogen-bond donors (Lipinski definition) is 0. The average Bonchev–Trinajstić information content (AvgIpc) is 2.74. The minimum absolute atomic E-state index is 0.130. The van der Waals surface area contributed by atoms with Crippen LogP contribution in [0.2, 0.25) is 0 Å². The van der Waals surface area contributed by atoms with Gasteiger partial charge >= 0.3 is 0 Å². The quantitative estimate of drug-likeness (QED) is 0.797. The summed E-state index contributed by atoms with van der Waals surface area (Å²) < 4.78 is 3.10. The SMILES string of the molecule is CC(C)N=c1ccccn1C(=O)c1ccnn1C. The third-order valence-corrected chi connectivity index (χ3v) is 2.49. The lowest BCUT2D eigenvalue weighted by Gasteiger charge is -2.07. The highest BCUT2D eigenvalue weighted by Gasteiger charge is 2.12.